The quantitative estimate of drug-likeness (QED) is 0.903. The average Bonchev–Trinajstić information content (AvgIpc) is 3.17. The predicted octanol–water partition coefficient (Wildman–Crippen LogP) is 2.91. The minimum atomic E-state index is -0.750. The standard InChI is InChI=1S/C21H27NO4/c23-20(17-6-5-14-3-1-2-4-16(14)13-17)22-10-7-15(8-11-22)19-18(21(24)25)9-12-26-19/h5-6,13,15,18-19H,1-4,7-12H2,(H,24,25)/t18?,19-/m0/s1. The molecule has 0 bridgehead atoms. The SMILES string of the molecule is O=C(O)C1CCO[C@H]1C1CCN(C(=O)c2ccc3c(c2)CCCC3)CC1. The number of aliphatic carboxylic acids is 1. The van der Waals surface area contributed by atoms with Crippen LogP contribution >= 0.6 is 0 Å². The Hall–Kier alpha value is -1.88. The third-order valence-corrected chi connectivity index (χ3v) is 6.34. The van der Waals surface area contributed by atoms with E-state index in [1.165, 1.54) is 24.0 Å². The molecule has 1 aromatic carbocycles. The zero-order valence-corrected chi connectivity index (χ0v) is 15.2. The van der Waals surface area contributed by atoms with Crippen LogP contribution in [0.5, 0.6) is 0 Å². The third-order valence-electron chi connectivity index (χ3n) is 6.34. The van der Waals surface area contributed by atoms with E-state index in [9.17, 15) is 14.7 Å². The minimum Gasteiger partial charge on any atom is -0.481 e. The number of carbonyl (C=O) groups is 2. The summed E-state index contributed by atoms with van der Waals surface area (Å²) in [4.78, 5) is 26.2. The van der Waals surface area contributed by atoms with Crippen molar-refractivity contribution >= 4 is 11.9 Å². The van der Waals surface area contributed by atoms with Crippen LogP contribution in [0.25, 0.3) is 0 Å². The zero-order chi connectivity index (χ0) is 18.1. The van der Waals surface area contributed by atoms with Gasteiger partial charge in [-0.2, -0.15) is 0 Å². The molecule has 0 radical (unpaired) electrons. The number of hydrogen-bond donors (Lipinski definition) is 1. The van der Waals surface area contributed by atoms with Gasteiger partial charge in [-0.3, -0.25) is 9.59 Å². The number of rotatable bonds is 3. The van der Waals surface area contributed by atoms with E-state index in [-0.39, 0.29) is 23.8 Å². The number of piperidine rings is 1. The first-order chi connectivity index (χ1) is 12.6. The highest BCUT2D eigenvalue weighted by Crippen LogP contribution is 2.33. The number of likely N-dealkylation sites (tertiary alicyclic amines) is 1. The number of carboxylic acids is 1. The summed E-state index contributed by atoms with van der Waals surface area (Å²) in [6, 6.07) is 6.18. The number of benzene rings is 1. The normalized spacial score (nSPS) is 26.5. The summed E-state index contributed by atoms with van der Waals surface area (Å²) < 4.78 is 5.72. The number of hydrogen-bond acceptors (Lipinski definition) is 3. The summed E-state index contributed by atoms with van der Waals surface area (Å²) in [6.07, 6.45) is 6.73. The topological polar surface area (TPSA) is 66.8 Å². The molecule has 1 N–H and O–H groups in total. The van der Waals surface area contributed by atoms with Crippen molar-refractivity contribution in [2.45, 2.75) is 51.0 Å². The molecule has 2 fully saturated rings. The first-order valence-corrected chi connectivity index (χ1v) is 9.89. The van der Waals surface area contributed by atoms with Crippen molar-refractivity contribution in [2.24, 2.45) is 11.8 Å². The molecule has 5 nitrogen and oxygen atoms in total. The number of carbonyl (C=O) groups excluding carboxylic acids is 1. The Bertz CT molecular complexity index is 693. The number of amides is 1. The Balaban J connectivity index is 1.38. The van der Waals surface area contributed by atoms with E-state index in [0.717, 1.165) is 31.2 Å². The second-order valence-electron chi connectivity index (χ2n) is 7.89. The van der Waals surface area contributed by atoms with Crippen molar-refractivity contribution in [3.63, 3.8) is 0 Å². The van der Waals surface area contributed by atoms with Crippen LogP contribution < -0.4 is 0 Å². The van der Waals surface area contributed by atoms with Crippen molar-refractivity contribution in [1.82, 2.24) is 4.90 Å². The summed E-state index contributed by atoms with van der Waals surface area (Å²) in [5.74, 6) is -0.784. The largest absolute Gasteiger partial charge is 0.481 e. The molecule has 140 valence electrons. The number of nitrogens with zero attached hydrogens (tertiary/aromatic N) is 1. The van der Waals surface area contributed by atoms with Gasteiger partial charge < -0.3 is 14.7 Å². The van der Waals surface area contributed by atoms with Gasteiger partial charge in [0.15, 0.2) is 0 Å². The second kappa shape index (κ2) is 7.39. The number of aryl methyl sites for hydroxylation is 2. The van der Waals surface area contributed by atoms with Crippen LogP contribution in [0.15, 0.2) is 18.2 Å². The molecule has 3 aliphatic rings. The van der Waals surface area contributed by atoms with Crippen molar-refractivity contribution in [1.29, 1.82) is 0 Å². The second-order valence-corrected chi connectivity index (χ2v) is 7.89. The van der Waals surface area contributed by atoms with Gasteiger partial charge in [-0.25, -0.2) is 0 Å². The maximum Gasteiger partial charge on any atom is 0.309 e. The lowest BCUT2D eigenvalue weighted by atomic mass is 9.84. The van der Waals surface area contributed by atoms with E-state index >= 15 is 0 Å². The van der Waals surface area contributed by atoms with Crippen molar-refractivity contribution in [2.75, 3.05) is 19.7 Å². The molecule has 2 aliphatic heterocycles. The van der Waals surface area contributed by atoms with Gasteiger partial charge in [-0.05, 0) is 74.1 Å². The fourth-order valence-electron chi connectivity index (χ4n) is 4.82. The van der Waals surface area contributed by atoms with Gasteiger partial charge in [0.1, 0.15) is 0 Å². The molecule has 26 heavy (non-hydrogen) atoms. The lowest BCUT2D eigenvalue weighted by molar-refractivity contribution is -0.145. The molecule has 1 aromatic rings. The highest BCUT2D eigenvalue weighted by Gasteiger charge is 2.40. The summed E-state index contributed by atoms with van der Waals surface area (Å²) in [5, 5.41) is 9.36. The van der Waals surface area contributed by atoms with Crippen molar-refractivity contribution < 1.29 is 19.4 Å². The van der Waals surface area contributed by atoms with E-state index in [1.54, 1.807) is 0 Å². The lowest BCUT2D eigenvalue weighted by Gasteiger charge is -2.35. The first-order valence-electron chi connectivity index (χ1n) is 9.89. The van der Waals surface area contributed by atoms with Crippen LogP contribution in [0.1, 0.15) is 53.6 Å². The smallest absolute Gasteiger partial charge is 0.309 e. The van der Waals surface area contributed by atoms with Crippen LogP contribution in [0, 0.1) is 11.8 Å². The van der Waals surface area contributed by atoms with E-state index in [0.29, 0.717) is 26.1 Å². The van der Waals surface area contributed by atoms with Crippen molar-refractivity contribution in [3.8, 4) is 0 Å². The lowest BCUT2D eigenvalue weighted by Crippen LogP contribution is -2.43. The van der Waals surface area contributed by atoms with Gasteiger partial charge in [0.25, 0.3) is 5.91 Å². The molecule has 1 aliphatic carbocycles. The first kappa shape index (κ1) is 17.5. The Kier molecular flexibility index (Phi) is 4.98. The zero-order valence-electron chi connectivity index (χ0n) is 15.2. The van der Waals surface area contributed by atoms with Crippen LogP contribution in [-0.2, 0) is 22.4 Å². The Morgan fingerprint density at radius 2 is 1.77 bits per heavy atom. The summed E-state index contributed by atoms with van der Waals surface area (Å²) in [7, 11) is 0. The monoisotopic (exact) mass is 357 g/mol. The van der Waals surface area contributed by atoms with Gasteiger partial charge in [0, 0.05) is 25.3 Å². The number of ether oxygens (including phenoxy) is 1. The fraction of sp³-hybridized carbons (Fsp3) is 0.619. The molecular formula is C21H27NO4. The molecule has 0 saturated carbocycles. The molecule has 1 unspecified atom stereocenters. The van der Waals surface area contributed by atoms with E-state index in [4.69, 9.17) is 4.74 Å². The Labute approximate surface area is 154 Å². The maximum atomic E-state index is 12.9. The molecule has 0 spiro atoms. The van der Waals surface area contributed by atoms with Gasteiger partial charge in [0.2, 0.25) is 0 Å². The van der Waals surface area contributed by atoms with Gasteiger partial charge in [-0.1, -0.05) is 6.07 Å². The molecule has 0 aromatic heterocycles. The maximum absolute atomic E-state index is 12.9. The highest BCUT2D eigenvalue weighted by molar-refractivity contribution is 5.94. The molecular weight excluding hydrogens is 330 g/mol. The number of fused-ring (bicyclic) bond motifs is 1. The molecule has 1 amide bonds. The Morgan fingerprint density at radius 3 is 2.50 bits per heavy atom. The average molecular weight is 357 g/mol. The highest BCUT2D eigenvalue weighted by atomic mass is 16.5. The summed E-state index contributed by atoms with van der Waals surface area (Å²) in [5.41, 5.74) is 3.52. The van der Waals surface area contributed by atoms with Crippen LogP contribution in [0.4, 0.5) is 0 Å². The predicted molar refractivity (Wildman–Crippen MR) is 97.2 cm³/mol. The molecule has 4 rings (SSSR count). The van der Waals surface area contributed by atoms with E-state index in [1.807, 2.05) is 11.0 Å². The van der Waals surface area contributed by atoms with Crippen molar-refractivity contribution in [3.05, 3.63) is 34.9 Å². The fourth-order valence-corrected chi connectivity index (χ4v) is 4.82. The van der Waals surface area contributed by atoms with Gasteiger partial charge >= 0.3 is 5.97 Å². The third kappa shape index (κ3) is 3.37. The van der Waals surface area contributed by atoms with Gasteiger partial charge in [-0.15, -0.1) is 0 Å². The molecule has 2 atom stereocenters. The Morgan fingerprint density at radius 1 is 1.04 bits per heavy atom. The van der Waals surface area contributed by atoms with Crippen LogP contribution in [0.3, 0.4) is 0 Å². The molecule has 2 saturated heterocycles. The molecule has 2 heterocycles. The molecule has 5 heteroatoms. The van der Waals surface area contributed by atoms with Crippen LogP contribution in [-0.4, -0.2) is 47.7 Å². The van der Waals surface area contributed by atoms with E-state index in [2.05, 4.69) is 12.1 Å². The van der Waals surface area contributed by atoms with E-state index < -0.39 is 5.97 Å². The number of carboxylic acid groups (broad SMARTS) is 1. The summed E-state index contributed by atoms with van der Waals surface area (Å²) >= 11 is 0. The van der Waals surface area contributed by atoms with Crippen LogP contribution in [0.2, 0.25) is 0 Å². The minimum absolute atomic E-state index is 0.110. The summed E-state index contributed by atoms with van der Waals surface area (Å²) in [6.45, 7) is 1.91. The van der Waals surface area contributed by atoms with Gasteiger partial charge in [0.05, 0.1) is 12.0 Å².